The Morgan fingerprint density at radius 3 is 2.71 bits per heavy atom. The van der Waals surface area contributed by atoms with Crippen LogP contribution < -0.4 is 0 Å². The lowest BCUT2D eigenvalue weighted by molar-refractivity contribution is 0.0969. The molecule has 1 aromatic rings. The van der Waals surface area contributed by atoms with Crippen molar-refractivity contribution in [2.24, 2.45) is 5.92 Å². The Labute approximate surface area is 81.4 Å². The minimum Gasteiger partial charge on any atom is -0.469 e. The standard InChI is InChI=1S/C10H8N2O2/c1-2-9-8(3-4-14-9)10(13)7(5-11)6-12/h3-4,7H,2H2,1H3. The summed E-state index contributed by atoms with van der Waals surface area (Å²) in [6.07, 6.45) is 1.95. The number of nitriles is 2. The van der Waals surface area contributed by atoms with Crippen molar-refractivity contribution >= 4 is 5.78 Å². The zero-order chi connectivity index (χ0) is 10.6. The molecule has 0 saturated carbocycles. The maximum Gasteiger partial charge on any atom is 0.197 e. The fourth-order valence-electron chi connectivity index (χ4n) is 1.14. The second kappa shape index (κ2) is 4.25. The van der Waals surface area contributed by atoms with E-state index < -0.39 is 11.7 Å². The summed E-state index contributed by atoms with van der Waals surface area (Å²) in [4.78, 5) is 11.5. The number of carbonyl (C=O) groups excluding carboxylic acids is 1. The highest BCUT2D eigenvalue weighted by Crippen LogP contribution is 2.15. The van der Waals surface area contributed by atoms with Crippen LogP contribution >= 0.6 is 0 Å². The SMILES string of the molecule is CCc1occc1C(=O)C(C#N)C#N. The number of carbonyl (C=O) groups is 1. The molecule has 0 saturated heterocycles. The molecule has 4 nitrogen and oxygen atoms in total. The Morgan fingerprint density at radius 1 is 1.57 bits per heavy atom. The number of Topliss-reactive ketones (excluding diaryl/α,β-unsaturated/α-hetero) is 1. The maximum absolute atomic E-state index is 11.5. The van der Waals surface area contributed by atoms with Gasteiger partial charge in [-0.2, -0.15) is 10.5 Å². The average Bonchev–Trinajstić information content (AvgIpc) is 2.67. The Morgan fingerprint density at radius 2 is 2.21 bits per heavy atom. The van der Waals surface area contributed by atoms with Gasteiger partial charge in [0.1, 0.15) is 5.76 Å². The van der Waals surface area contributed by atoms with Gasteiger partial charge in [-0.15, -0.1) is 0 Å². The van der Waals surface area contributed by atoms with Crippen LogP contribution in [0.25, 0.3) is 0 Å². The molecule has 1 heterocycles. The van der Waals surface area contributed by atoms with E-state index in [0.29, 0.717) is 17.7 Å². The van der Waals surface area contributed by atoms with Crippen LogP contribution in [0.3, 0.4) is 0 Å². The predicted octanol–water partition coefficient (Wildman–Crippen LogP) is 1.69. The van der Waals surface area contributed by atoms with E-state index >= 15 is 0 Å². The molecule has 0 atom stereocenters. The van der Waals surface area contributed by atoms with Gasteiger partial charge in [-0.25, -0.2) is 0 Å². The van der Waals surface area contributed by atoms with Crippen LogP contribution in [0, 0.1) is 28.6 Å². The van der Waals surface area contributed by atoms with Crippen molar-refractivity contribution in [3.05, 3.63) is 23.7 Å². The molecular weight excluding hydrogens is 180 g/mol. The van der Waals surface area contributed by atoms with Crippen molar-refractivity contribution in [2.45, 2.75) is 13.3 Å². The number of rotatable bonds is 3. The molecule has 0 radical (unpaired) electrons. The molecule has 0 aliphatic carbocycles. The van der Waals surface area contributed by atoms with Gasteiger partial charge in [0.15, 0.2) is 11.7 Å². The predicted molar refractivity (Wildman–Crippen MR) is 47.1 cm³/mol. The van der Waals surface area contributed by atoms with E-state index in [9.17, 15) is 4.79 Å². The molecule has 1 aromatic heterocycles. The Kier molecular flexibility index (Phi) is 3.04. The monoisotopic (exact) mass is 188 g/mol. The number of hydrogen-bond donors (Lipinski definition) is 0. The van der Waals surface area contributed by atoms with E-state index in [1.54, 1.807) is 12.1 Å². The Hall–Kier alpha value is -2.07. The minimum absolute atomic E-state index is 0.334. The number of aryl methyl sites for hydroxylation is 1. The first-order chi connectivity index (χ1) is 6.74. The van der Waals surface area contributed by atoms with E-state index in [2.05, 4.69) is 0 Å². The van der Waals surface area contributed by atoms with Gasteiger partial charge in [0.2, 0.25) is 0 Å². The largest absolute Gasteiger partial charge is 0.469 e. The zero-order valence-electron chi connectivity index (χ0n) is 7.65. The molecule has 0 bridgehead atoms. The lowest BCUT2D eigenvalue weighted by Gasteiger charge is -1.98. The summed E-state index contributed by atoms with van der Waals surface area (Å²) >= 11 is 0. The van der Waals surface area contributed by atoms with Crippen LogP contribution in [0.2, 0.25) is 0 Å². The van der Waals surface area contributed by atoms with Crippen molar-refractivity contribution in [1.82, 2.24) is 0 Å². The third kappa shape index (κ3) is 1.65. The molecule has 14 heavy (non-hydrogen) atoms. The van der Waals surface area contributed by atoms with Crippen LogP contribution in [-0.4, -0.2) is 5.78 Å². The number of hydrogen-bond acceptors (Lipinski definition) is 4. The van der Waals surface area contributed by atoms with Gasteiger partial charge in [-0.3, -0.25) is 4.79 Å². The van der Waals surface area contributed by atoms with E-state index in [1.165, 1.54) is 12.3 Å². The summed E-state index contributed by atoms with van der Waals surface area (Å²) in [5, 5.41) is 17.1. The van der Waals surface area contributed by atoms with Gasteiger partial charge in [-0.05, 0) is 6.07 Å². The first kappa shape index (κ1) is 10.0. The van der Waals surface area contributed by atoms with Crippen LogP contribution in [-0.2, 0) is 6.42 Å². The van der Waals surface area contributed by atoms with E-state index in [1.807, 2.05) is 6.92 Å². The molecule has 0 unspecified atom stereocenters. The van der Waals surface area contributed by atoms with Gasteiger partial charge < -0.3 is 4.42 Å². The molecule has 0 N–H and O–H groups in total. The molecule has 0 spiro atoms. The molecule has 70 valence electrons. The summed E-state index contributed by atoms with van der Waals surface area (Å²) in [7, 11) is 0. The lowest BCUT2D eigenvalue weighted by Crippen LogP contribution is -2.11. The maximum atomic E-state index is 11.5. The average molecular weight is 188 g/mol. The highest BCUT2D eigenvalue weighted by molar-refractivity contribution is 6.01. The summed E-state index contributed by atoms with van der Waals surface area (Å²) in [6.45, 7) is 1.84. The highest BCUT2D eigenvalue weighted by Gasteiger charge is 2.22. The van der Waals surface area contributed by atoms with Crippen molar-refractivity contribution in [3.8, 4) is 12.1 Å². The van der Waals surface area contributed by atoms with Gasteiger partial charge in [0.25, 0.3) is 0 Å². The second-order valence-corrected chi connectivity index (χ2v) is 2.67. The molecule has 0 aromatic carbocycles. The molecule has 0 amide bonds. The zero-order valence-corrected chi connectivity index (χ0v) is 7.65. The molecule has 4 heteroatoms. The van der Waals surface area contributed by atoms with Crippen LogP contribution in [0.1, 0.15) is 23.0 Å². The van der Waals surface area contributed by atoms with Crippen molar-refractivity contribution in [2.75, 3.05) is 0 Å². The smallest absolute Gasteiger partial charge is 0.197 e. The summed E-state index contributed by atoms with van der Waals surface area (Å²) in [6, 6.07) is 4.77. The van der Waals surface area contributed by atoms with Crippen molar-refractivity contribution in [1.29, 1.82) is 10.5 Å². The summed E-state index contributed by atoms with van der Waals surface area (Å²) in [5.41, 5.74) is 0.334. The number of furan rings is 1. The molecule has 0 aliphatic heterocycles. The van der Waals surface area contributed by atoms with Crippen LogP contribution in [0.4, 0.5) is 0 Å². The van der Waals surface area contributed by atoms with Crippen LogP contribution in [0.5, 0.6) is 0 Å². The third-order valence-corrected chi connectivity index (χ3v) is 1.85. The second-order valence-electron chi connectivity index (χ2n) is 2.67. The van der Waals surface area contributed by atoms with Crippen molar-refractivity contribution < 1.29 is 9.21 Å². The Balaban J connectivity index is 3.02. The molecular formula is C10H8N2O2. The summed E-state index contributed by atoms with van der Waals surface area (Å²) < 4.78 is 5.03. The first-order valence-corrected chi connectivity index (χ1v) is 4.14. The first-order valence-electron chi connectivity index (χ1n) is 4.14. The van der Waals surface area contributed by atoms with Gasteiger partial charge in [0, 0.05) is 6.42 Å². The van der Waals surface area contributed by atoms with E-state index in [-0.39, 0.29) is 0 Å². The van der Waals surface area contributed by atoms with E-state index in [4.69, 9.17) is 14.9 Å². The normalized spacial score (nSPS) is 9.43. The highest BCUT2D eigenvalue weighted by atomic mass is 16.3. The van der Waals surface area contributed by atoms with Gasteiger partial charge in [0.05, 0.1) is 24.0 Å². The number of nitrogens with zero attached hydrogens (tertiary/aromatic N) is 2. The lowest BCUT2D eigenvalue weighted by atomic mass is 10.00. The quantitative estimate of drug-likeness (QED) is 0.676. The van der Waals surface area contributed by atoms with Gasteiger partial charge in [-0.1, -0.05) is 6.92 Å². The fourth-order valence-corrected chi connectivity index (χ4v) is 1.14. The van der Waals surface area contributed by atoms with Crippen LogP contribution in [0.15, 0.2) is 16.7 Å². The van der Waals surface area contributed by atoms with E-state index in [0.717, 1.165) is 0 Å². The Bertz CT molecular complexity index is 406. The topological polar surface area (TPSA) is 77.8 Å². The van der Waals surface area contributed by atoms with Gasteiger partial charge >= 0.3 is 0 Å². The molecule has 0 fully saturated rings. The minimum atomic E-state index is -1.24. The number of ketones is 1. The third-order valence-electron chi connectivity index (χ3n) is 1.85. The molecule has 0 aliphatic rings. The fraction of sp³-hybridized carbons (Fsp3) is 0.300. The summed E-state index contributed by atoms with van der Waals surface area (Å²) in [5.74, 6) is -1.20. The molecule has 1 rings (SSSR count). The van der Waals surface area contributed by atoms with Crippen molar-refractivity contribution in [3.63, 3.8) is 0 Å².